The van der Waals surface area contributed by atoms with Crippen molar-refractivity contribution in [3.8, 4) is 0 Å². The first-order valence-corrected chi connectivity index (χ1v) is 8.77. The van der Waals surface area contributed by atoms with E-state index >= 15 is 0 Å². The Balaban J connectivity index is 1.98. The summed E-state index contributed by atoms with van der Waals surface area (Å²) in [5, 5.41) is 11.9. The second-order valence-corrected chi connectivity index (χ2v) is 6.76. The Bertz CT molecular complexity index is 772. The van der Waals surface area contributed by atoms with Gasteiger partial charge in [-0.2, -0.15) is 0 Å². The molecule has 0 spiro atoms. The van der Waals surface area contributed by atoms with Gasteiger partial charge in [0, 0.05) is 0 Å². The second-order valence-electron chi connectivity index (χ2n) is 6.76. The molecule has 0 saturated carbocycles. The van der Waals surface area contributed by atoms with E-state index in [1.807, 2.05) is 20.8 Å². The molecule has 27 heavy (non-hydrogen) atoms. The molecular weight excluding hydrogens is 349 g/mol. The fourth-order valence-electron chi connectivity index (χ4n) is 2.63. The van der Waals surface area contributed by atoms with Gasteiger partial charge in [0.1, 0.15) is 11.9 Å². The monoisotopic (exact) mass is 373 g/mol. The summed E-state index contributed by atoms with van der Waals surface area (Å²) in [6.45, 7) is 5.81. The summed E-state index contributed by atoms with van der Waals surface area (Å²) < 4.78 is 18.7. The van der Waals surface area contributed by atoms with Crippen molar-refractivity contribution in [1.82, 2.24) is 5.32 Å². The van der Waals surface area contributed by atoms with Crippen molar-refractivity contribution in [1.29, 1.82) is 0 Å². The fraction of sp³-hybridized carbons (Fsp3) is 0.333. The van der Waals surface area contributed by atoms with Gasteiger partial charge < -0.3 is 15.2 Å². The largest absolute Gasteiger partial charge is 0.478 e. The van der Waals surface area contributed by atoms with E-state index in [0.717, 1.165) is 11.1 Å². The van der Waals surface area contributed by atoms with Crippen LogP contribution in [0.25, 0.3) is 0 Å². The number of benzene rings is 2. The lowest BCUT2D eigenvalue weighted by Crippen LogP contribution is -2.40. The van der Waals surface area contributed by atoms with E-state index < -0.39 is 12.1 Å². The smallest absolute Gasteiger partial charge is 0.335 e. The molecule has 0 fully saturated rings. The van der Waals surface area contributed by atoms with Crippen LogP contribution in [0.15, 0.2) is 48.5 Å². The van der Waals surface area contributed by atoms with Crippen LogP contribution >= 0.6 is 0 Å². The van der Waals surface area contributed by atoms with E-state index in [-0.39, 0.29) is 35.9 Å². The topological polar surface area (TPSA) is 75.6 Å². The summed E-state index contributed by atoms with van der Waals surface area (Å²) in [7, 11) is 0. The van der Waals surface area contributed by atoms with Gasteiger partial charge in [-0.3, -0.25) is 4.79 Å². The minimum absolute atomic E-state index is 0.0490. The van der Waals surface area contributed by atoms with Crippen molar-refractivity contribution in [3.05, 3.63) is 71.0 Å². The van der Waals surface area contributed by atoms with Gasteiger partial charge in [0.2, 0.25) is 5.91 Å². The Kier molecular flexibility index (Phi) is 7.07. The molecule has 2 aromatic rings. The van der Waals surface area contributed by atoms with Crippen LogP contribution in [0, 0.1) is 11.7 Å². The highest BCUT2D eigenvalue weighted by molar-refractivity contribution is 5.87. The van der Waals surface area contributed by atoms with Crippen molar-refractivity contribution < 1.29 is 23.8 Å². The van der Waals surface area contributed by atoms with Crippen molar-refractivity contribution >= 4 is 11.9 Å². The molecule has 0 saturated heterocycles. The average Bonchev–Trinajstić information content (AvgIpc) is 2.63. The predicted molar refractivity (Wildman–Crippen MR) is 99.8 cm³/mol. The summed E-state index contributed by atoms with van der Waals surface area (Å²) in [6.07, 6.45) is -0.657. The summed E-state index contributed by atoms with van der Waals surface area (Å²) in [5.74, 6) is -1.61. The molecule has 0 radical (unpaired) electrons. The minimum Gasteiger partial charge on any atom is -0.478 e. The quantitative estimate of drug-likeness (QED) is 0.735. The minimum atomic E-state index is -0.993. The first-order chi connectivity index (χ1) is 12.8. The van der Waals surface area contributed by atoms with Gasteiger partial charge in [-0.15, -0.1) is 0 Å². The molecule has 5 nitrogen and oxygen atoms in total. The number of carboxylic acids is 1. The van der Waals surface area contributed by atoms with Gasteiger partial charge in [0.05, 0.1) is 18.2 Å². The number of hydrogen-bond donors (Lipinski definition) is 2. The maximum atomic E-state index is 13.0. The van der Waals surface area contributed by atoms with E-state index in [4.69, 9.17) is 9.84 Å². The molecule has 0 aromatic heterocycles. The van der Waals surface area contributed by atoms with Gasteiger partial charge in [-0.25, -0.2) is 9.18 Å². The molecule has 0 aliphatic carbocycles. The number of rotatable bonds is 8. The Morgan fingerprint density at radius 2 is 1.63 bits per heavy atom. The zero-order chi connectivity index (χ0) is 20.0. The normalized spacial score (nSPS) is 13.2. The number of hydrogen-bond acceptors (Lipinski definition) is 3. The van der Waals surface area contributed by atoms with Crippen LogP contribution in [0.4, 0.5) is 4.39 Å². The lowest BCUT2D eigenvalue weighted by Gasteiger charge is -2.23. The van der Waals surface area contributed by atoms with E-state index in [1.165, 1.54) is 24.3 Å². The molecule has 0 aliphatic rings. The van der Waals surface area contributed by atoms with Crippen molar-refractivity contribution in [2.24, 2.45) is 5.92 Å². The van der Waals surface area contributed by atoms with E-state index in [2.05, 4.69) is 5.32 Å². The molecule has 2 N–H and O–H groups in total. The van der Waals surface area contributed by atoms with Crippen LogP contribution in [0.1, 0.15) is 48.3 Å². The standard InChI is InChI=1S/C21H24FNO4/c1-13(2)19(27-12-15-4-10-18(22)11-5-15)20(24)23-14(3)16-6-8-17(9-7-16)21(25)26/h4-11,13-14,19H,12H2,1-3H3,(H,23,24)(H,25,26)/t14-,19-/m0/s1. The average molecular weight is 373 g/mol. The first-order valence-electron chi connectivity index (χ1n) is 8.77. The number of amides is 1. The summed E-state index contributed by atoms with van der Waals surface area (Å²) in [5.41, 5.74) is 1.78. The van der Waals surface area contributed by atoms with Crippen molar-refractivity contribution in [2.75, 3.05) is 0 Å². The highest BCUT2D eigenvalue weighted by Gasteiger charge is 2.24. The van der Waals surface area contributed by atoms with Crippen molar-refractivity contribution in [2.45, 2.75) is 39.5 Å². The van der Waals surface area contributed by atoms with Crippen LogP contribution in [0.3, 0.4) is 0 Å². The molecule has 2 aromatic carbocycles. The number of nitrogens with one attached hydrogen (secondary N) is 1. The Morgan fingerprint density at radius 1 is 1.04 bits per heavy atom. The Morgan fingerprint density at radius 3 is 2.15 bits per heavy atom. The van der Waals surface area contributed by atoms with Gasteiger partial charge in [0.25, 0.3) is 0 Å². The molecule has 6 heteroatoms. The van der Waals surface area contributed by atoms with Gasteiger partial charge >= 0.3 is 5.97 Å². The third-order valence-corrected chi connectivity index (χ3v) is 4.22. The molecule has 0 heterocycles. The van der Waals surface area contributed by atoms with Gasteiger partial charge in [0.15, 0.2) is 0 Å². The van der Waals surface area contributed by atoms with E-state index in [0.29, 0.717) is 0 Å². The maximum Gasteiger partial charge on any atom is 0.335 e. The molecular formula is C21H24FNO4. The summed E-state index contributed by atoms with van der Waals surface area (Å²) in [4.78, 5) is 23.6. The second kappa shape index (κ2) is 9.28. The third-order valence-electron chi connectivity index (χ3n) is 4.22. The predicted octanol–water partition coefficient (Wildman–Crippen LogP) is 3.94. The zero-order valence-corrected chi connectivity index (χ0v) is 15.6. The first kappa shape index (κ1) is 20.6. The zero-order valence-electron chi connectivity index (χ0n) is 15.6. The Hall–Kier alpha value is -2.73. The molecule has 1 amide bonds. The van der Waals surface area contributed by atoms with E-state index in [1.54, 1.807) is 24.3 Å². The number of halogens is 1. The fourth-order valence-corrected chi connectivity index (χ4v) is 2.63. The van der Waals surface area contributed by atoms with Gasteiger partial charge in [-0.05, 0) is 48.2 Å². The molecule has 144 valence electrons. The summed E-state index contributed by atoms with van der Waals surface area (Å²) in [6, 6.07) is 12.0. The number of carbonyl (C=O) groups is 2. The summed E-state index contributed by atoms with van der Waals surface area (Å²) >= 11 is 0. The third kappa shape index (κ3) is 5.89. The number of carboxylic acid groups (broad SMARTS) is 1. The SMILES string of the molecule is CC(C)[C@H](OCc1ccc(F)cc1)C(=O)N[C@@H](C)c1ccc(C(=O)O)cc1. The number of ether oxygens (including phenoxy) is 1. The molecule has 0 unspecified atom stereocenters. The van der Waals surface area contributed by atoms with Crippen LogP contribution in [0.2, 0.25) is 0 Å². The molecule has 2 atom stereocenters. The van der Waals surface area contributed by atoms with Crippen LogP contribution in [-0.2, 0) is 16.1 Å². The lowest BCUT2D eigenvalue weighted by atomic mass is 10.0. The maximum absolute atomic E-state index is 13.0. The molecule has 0 aliphatic heterocycles. The number of aromatic carboxylic acids is 1. The van der Waals surface area contributed by atoms with Crippen molar-refractivity contribution in [3.63, 3.8) is 0 Å². The van der Waals surface area contributed by atoms with Crippen LogP contribution in [-0.4, -0.2) is 23.1 Å². The molecule has 0 bridgehead atoms. The Labute approximate surface area is 158 Å². The van der Waals surface area contributed by atoms with Crippen LogP contribution in [0.5, 0.6) is 0 Å². The lowest BCUT2D eigenvalue weighted by molar-refractivity contribution is -0.137. The number of carbonyl (C=O) groups excluding carboxylic acids is 1. The van der Waals surface area contributed by atoms with Gasteiger partial charge in [-0.1, -0.05) is 38.1 Å². The highest BCUT2D eigenvalue weighted by Crippen LogP contribution is 2.17. The van der Waals surface area contributed by atoms with Crippen LogP contribution < -0.4 is 5.32 Å². The highest BCUT2D eigenvalue weighted by atomic mass is 19.1. The molecule has 2 rings (SSSR count). The van der Waals surface area contributed by atoms with E-state index in [9.17, 15) is 14.0 Å².